The van der Waals surface area contributed by atoms with Gasteiger partial charge < -0.3 is 5.32 Å². The normalized spacial score (nSPS) is 10.2. The molecule has 2 rings (SSSR count). The maximum atomic E-state index is 12.1. The molecule has 0 fully saturated rings. The molecule has 1 N–H and O–H groups in total. The van der Waals surface area contributed by atoms with Crippen molar-refractivity contribution in [2.75, 3.05) is 5.32 Å². The van der Waals surface area contributed by atoms with Gasteiger partial charge in [-0.2, -0.15) is 0 Å². The van der Waals surface area contributed by atoms with Crippen LogP contribution >= 0.6 is 43.5 Å². The van der Waals surface area contributed by atoms with Crippen molar-refractivity contribution in [1.29, 1.82) is 0 Å². The van der Waals surface area contributed by atoms with Crippen LogP contribution in [0.15, 0.2) is 45.3 Å². The number of amides is 1. The number of carbonyl (C=O) groups is 1. The van der Waals surface area contributed by atoms with E-state index < -0.39 is 10.8 Å². The molecule has 0 aromatic heterocycles. The summed E-state index contributed by atoms with van der Waals surface area (Å²) in [6.07, 6.45) is 0. The minimum Gasteiger partial charge on any atom is -0.321 e. The fourth-order valence-corrected chi connectivity index (χ4v) is 2.75. The third-order valence-electron chi connectivity index (χ3n) is 2.58. The second kappa shape index (κ2) is 6.55. The van der Waals surface area contributed by atoms with Crippen molar-refractivity contribution in [1.82, 2.24) is 0 Å². The van der Waals surface area contributed by atoms with Crippen LogP contribution in [0.5, 0.6) is 0 Å². The van der Waals surface area contributed by atoms with Gasteiger partial charge in [-0.25, -0.2) is 0 Å². The summed E-state index contributed by atoms with van der Waals surface area (Å²) >= 11 is 12.2. The van der Waals surface area contributed by atoms with Crippen molar-refractivity contribution in [2.24, 2.45) is 0 Å². The number of hydrogen-bond acceptors (Lipinski definition) is 3. The number of carbonyl (C=O) groups excluding carboxylic acids is 1. The van der Waals surface area contributed by atoms with Gasteiger partial charge in [0.05, 0.1) is 15.1 Å². The van der Waals surface area contributed by atoms with Gasteiger partial charge in [0.2, 0.25) is 0 Å². The van der Waals surface area contributed by atoms with Gasteiger partial charge in [-0.3, -0.25) is 14.9 Å². The van der Waals surface area contributed by atoms with Crippen LogP contribution in [0.2, 0.25) is 5.02 Å². The minimum atomic E-state index is -0.556. The summed E-state index contributed by atoms with van der Waals surface area (Å²) in [5, 5.41) is 14.1. The molecule has 2 aromatic rings. The lowest BCUT2D eigenvalue weighted by Gasteiger charge is -2.08. The first kappa shape index (κ1) is 15.9. The number of halogens is 3. The molecule has 8 heteroatoms. The Labute approximate surface area is 141 Å². The molecule has 21 heavy (non-hydrogen) atoms. The van der Waals surface area contributed by atoms with E-state index in [1.165, 1.54) is 18.2 Å². The van der Waals surface area contributed by atoms with E-state index in [9.17, 15) is 14.9 Å². The first-order valence-electron chi connectivity index (χ1n) is 5.59. The number of benzene rings is 2. The standard InChI is InChI=1S/C13H7Br2ClN2O3/c14-9-3-1-7(5-12(9)18(20)21)13(19)17-11-4-2-8(16)6-10(11)15/h1-6H,(H,17,19). The van der Waals surface area contributed by atoms with Crippen molar-refractivity contribution < 1.29 is 9.72 Å². The van der Waals surface area contributed by atoms with E-state index in [4.69, 9.17) is 11.6 Å². The molecule has 0 saturated heterocycles. The quantitative estimate of drug-likeness (QED) is 0.544. The molecule has 5 nitrogen and oxygen atoms in total. The highest BCUT2D eigenvalue weighted by atomic mass is 79.9. The Morgan fingerprint density at radius 2 is 1.86 bits per heavy atom. The third-order valence-corrected chi connectivity index (χ3v) is 4.15. The van der Waals surface area contributed by atoms with Gasteiger partial charge in [-0.05, 0) is 62.2 Å². The number of nitrogens with zero attached hydrogens (tertiary/aromatic N) is 1. The van der Waals surface area contributed by atoms with Crippen molar-refractivity contribution in [3.63, 3.8) is 0 Å². The van der Waals surface area contributed by atoms with Crippen LogP contribution in [-0.4, -0.2) is 10.8 Å². The number of rotatable bonds is 3. The molecule has 0 spiro atoms. The SMILES string of the molecule is O=C(Nc1ccc(Cl)cc1Br)c1ccc(Br)c([N+](=O)[O-])c1. The van der Waals surface area contributed by atoms with Crippen LogP contribution in [0.4, 0.5) is 11.4 Å². The van der Waals surface area contributed by atoms with Gasteiger partial charge in [-0.15, -0.1) is 0 Å². The zero-order valence-electron chi connectivity index (χ0n) is 10.3. The predicted octanol–water partition coefficient (Wildman–Crippen LogP) is 5.03. The Bertz CT molecular complexity index is 737. The van der Waals surface area contributed by atoms with E-state index in [0.717, 1.165) is 0 Å². The molecule has 0 aliphatic rings. The summed E-state index contributed by atoms with van der Waals surface area (Å²) < 4.78 is 0.937. The van der Waals surface area contributed by atoms with Crippen LogP contribution in [0, 0.1) is 10.1 Å². The third kappa shape index (κ3) is 3.81. The summed E-state index contributed by atoms with van der Waals surface area (Å²) in [6, 6.07) is 9.08. The van der Waals surface area contributed by atoms with Crippen molar-refractivity contribution >= 4 is 60.7 Å². The lowest BCUT2D eigenvalue weighted by molar-refractivity contribution is -0.385. The first-order valence-corrected chi connectivity index (χ1v) is 7.55. The molecule has 0 atom stereocenters. The molecule has 0 bridgehead atoms. The van der Waals surface area contributed by atoms with E-state index in [2.05, 4.69) is 37.2 Å². The lowest BCUT2D eigenvalue weighted by Crippen LogP contribution is -2.12. The second-order valence-electron chi connectivity index (χ2n) is 4.00. The zero-order valence-corrected chi connectivity index (χ0v) is 14.2. The van der Waals surface area contributed by atoms with Gasteiger partial charge in [0.25, 0.3) is 11.6 Å². The highest BCUT2D eigenvalue weighted by Gasteiger charge is 2.16. The maximum Gasteiger partial charge on any atom is 0.284 e. The second-order valence-corrected chi connectivity index (χ2v) is 6.15. The summed E-state index contributed by atoms with van der Waals surface area (Å²) in [4.78, 5) is 22.4. The Kier molecular flexibility index (Phi) is 4.97. The molecule has 0 heterocycles. The summed E-state index contributed by atoms with van der Waals surface area (Å²) in [7, 11) is 0. The molecule has 0 unspecified atom stereocenters. The van der Waals surface area contributed by atoms with E-state index in [1.807, 2.05) is 0 Å². The fraction of sp³-hybridized carbons (Fsp3) is 0. The van der Waals surface area contributed by atoms with Crippen LogP contribution in [0.25, 0.3) is 0 Å². The number of nitro benzene ring substituents is 1. The summed E-state index contributed by atoms with van der Waals surface area (Å²) in [5.41, 5.74) is 0.541. The van der Waals surface area contributed by atoms with E-state index >= 15 is 0 Å². The predicted molar refractivity (Wildman–Crippen MR) is 87.9 cm³/mol. The summed E-state index contributed by atoms with van der Waals surface area (Å²) in [6.45, 7) is 0. The van der Waals surface area contributed by atoms with E-state index in [0.29, 0.717) is 19.7 Å². The topological polar surface area (TPSA) is 72.2 Å². The average molecular weight is 434 g/mol. The van der Waals surface area contributed by atoms with Gasteiger partial charge in [0.1, 0.15) is 0 Å². The average Bonchev–Trinajstić information content (AvgIpc) is 2.42. The number of hydrogen-bond donors (Lipinski definition) is 1. The molecule has 0 saturated carbocycles. The largest absolute Gasteiger partial charge is 0.321 e. The Morgan fingerprint density at radius 1 is 1.14 bits per heavy atom. The minimum absolute atomic E-state index is 0.169. The van der Waals surface area contributed by atoms with Gasteiger partial charge in [0, 0.05) is 21.1 Å². The van der Waals surface area contributed by atoms with Crippen LogP contribution in [0.1, 0.15) is 10.4 Å². The molecule has 0 aliphatic carbocycles. The molecule has 108 valence electrons. The number of nitro groups is 1. The molecule has 0 aliphatic heterocycles. The maximum absolute atomic E-state index is 12.1. The highest BCUT2D eigenvalue weighted by Crippen LogP contribution is 2.28. The number of nitrogens with one attached hydrogen (secondary N) is 1. The first-order chi connectivity index (χ1) is 9.88. The van der Waals surface area contributed by atoms with Crippen molar-refractivity contribution in [3.8, 4) is 0 Å². The molecule has 0 radical (unpaired) electrons. The molecule has 2 aromatic carbocycles. The Balaban J connectivity index is 2.28. The van der Waals surface area contributed by atoms with E-state index in [1.54, 1.807) is 18.2 Å². The van der Waals surface area contributed by atoms with Crippen LogP contribution in [0.3, 0.4) is 0 Å². The van der Waals surface area contributed by atoms with E-state index in [-0.39, 0.29) is 11.3 Å². The smallest absolute Gasteiger partial charge is 0.284 e. The highest BCUT2D eigenvalue weighted by molar-refractivity contribution is 9.11. The lowest BCUT2D eigenvalue weighted by atomic mass is 10.2. The monoisotopic (exact) mass is 432 g/mol. The van der Waals surface area contributed by atoms with Gasteiger partial charge in [0.15, 0.2) is 0 Å². The number of anilines is 1. The van der Waals surface area contributed by atoms with Crippen LogP contribution in [-0.2, 0) is 0 Å². The summed E-state index contributed by atoms with van der Waals surface area (Å²) in [5.74, 6) is -0.450. The van der Waals surface area contributed by atoms with Crippen molar-refractivity contribution in [2.45, 2.75) is 0 Å². The Hall–Kier alpha value is -1.44. The van der Waals surface area contributed by atoms with Crippen molar-refractivity contribution in [3.05, 3.63) is 66.0 Å². The van der Waals surface area contributed by atoms with Gasteiger partial charge in [-0.1, -0.05) is 11.6 Å². The van der Waals surface area contributed by atoms with Crippen LogP contribution < -0.4 is 5.32 Å². The molecular formula is C13H7Br2ClN2O3. The molecular weight excluding hydrogens is 427 g/mol. The zero-order chi connectivity index (χ0) is 15.6. The fourth-order valence-electron chi connectivity index (χ4n) is 1.58. The van der Waals surface area contributed by atoms with Gasteiger partial charge >= 0.3 is 0 Å². The Morgan fingerprint density at radius 3 is 2.48 bits per heavy atom. The molecule has 1 amide bonds.